The first-order valence-electron chi connectivity index (χ1n) is 13.1. The fourth-order valence-electron chi connectivity index (χ4n) is 5.17. The number of urea groups is 1. The first-order valence-corrected chi connectivity index (χ1v) is 13.1. The average Bonchev–Trinajstić information content (AvgIpc) is 2.77. The van der Waals surface area contributed by atoms with E-state index in [1.807, 2.05) is 28.0 Å². The largest absolute Gasteiger partial charge is 0.325 e. The van der Waals surface area contributed by atoms with Crippen molar-refractivity contribution in [2.24, 2.45) is 0 Å². The average molecular weight is 487 g/mol. The van der Waals surface area contributed by atoms with Crippen LogP contribution in [0.5, 0.6) is 0 Å². The summed E-state index contributed by atoms with van der Waals surface area (Å²) in [4.78, 5) is 17.8. The minimum absolute atomic E-state index is 0.0750. The topological polar surface area (TPSA) is 23.6 Å². The zero-order valence-electron chi connectivity index (χ0n) is 23.3. The first kappa shape index (κ1) is 27.5. The van der Waals surface area contributed by atoms with Crippen LogP contribution < -0.4 is 4.90 Å². The highest BCUT2D eigenvalue weighted by molar-refractivity contribution is 5.92. The van der Waals surface area contributed by atoms with Gasteiger partial charge in [-0.05, 0) is 63.4 Å². The zero-order valence-corrected chi connectivity index (χ0v) is 23.3. The molecule has 0 N–H and O–H groups in total. The standard InChI is InChI=1S/C32H44N3O/c1-8-34(31-21-27(4)18-28(5)22-31)32(36)33(23-29-13-10-9-11-14-29)15-12-16-35(6,7)24-30-19-25(2)17-26(3)20-30/h9-11,13-14,17-22H,8,12,15-16,23-24H2,1-7H3/q+1. The Kier molecular flexibility index (Phi) is 9.33. The number of nitrogens with zero attached hydrogens (tertiary/aromatic N) is 3. The molecule has 0 radical (unpaired) electrons. The van der Waals surface area contributed by atoms with Gasteiger partial charge in [-0.3, -0.25) is 4.90 Å². The third-order valence-corrected chi connectivity index (χ3v) is 6.64. The van der Waals surface area contributed by atoms with E-state index < -0.39 is 0 Å². The van der Waals surface area contributed by atoms with Crippen molar-refractivity contribution < 1.29 is 9.28 Å². The van der Waals surface area contributed by atoms with Crippen LogP contribution in [0.3, 0.4) is 0 Å². The molecule has 4 heteroatoms. The van der Waals surface area contributed by atoms with E-state index in [1.165, 1.54) is 27.8 Å². The summed E-state index contributed by atoms with van der Waals surface area (Å²) in [5.41, 5.74) is 8.50. The fraction of sp³-hybridized carbons (Fsp3) is 0.406. The van der Waals surface area contributed by atoms with Crippen LogP contribution in [0, 0.1) is 27.7 Å². The Morgan fingerprint density at radius 3 is 1.89 bits per heavy atom. The Balaban J connectivity index is 1.74. The normalized spacial score (nSPS) is 11.4. The van der Waals surface area contributed by atoms with E-state index in [9.17, 15) is 4.79 Å². The summed E-state index contributed by atoms with van der Waals surface area (Å²) < 4.78 is 0.894. The lowest BCUT2D eigenvalue weighted by Crippen LogP contribution is -2.45. The van der Waals surface area contributed by atoms with Crippen LogP contribution in [0.4, 0.5) is 10.5 Å². The molecule has 0 aliphatic carbocycles. The lowest BCUT2D eigenvalue weighted by Gasteiger charge is -2.33. The van der Waals surface area contributed by atoms with Crippen LogP contribution in [0.25, 0.3) is 0 Å². The van der Waals surface area contributed by atoms with Crippen LogP contribution >= 0.6 is 0 Å². The fourth-order valence-corrected chi connectivity index (χ4v) is 5.17. The lowest BCUT2D eigenvalue weighted by molar-refractivity contribution is -0.903. The molecule has 0 fully saturated rings. The van der Waals surface area contributed by atoms with Gasteiger partial charge in [0, 0.05) is 37.3 Å². The molecule has 192 valence electrons. The van der Waals surface area contributed by atoms with Gasteiger partial charge in [-0.25, -0.2) is 4.79 Å². The number of quaternary nitrogens is 1. The molecule has 0 bridgehead atoms. The maximum atomic E-state index is 13.9. The second-order valence-corrected chi connectivity index (χ2v) is 10.9. The van der Waals surface area contributed by atoms with Crippen LogP contribution in [-0.2, 0) is 13.1 Å². The number of hydrogen-bond acceptors (Lipinski definition) is 1. The minimum Gasteiger partial charge on any atom is -0.325 e. The quantitative estimate of drug-likeness (QED) is 0.282. The molecule has 0 spiro atoms. The lowest BCUT2D eigenvalue weighted by atomic mass is 10.1. The van der Waals surface area contributed by atoms with E-state index in [0.29, 0.717) is 13.1 Å². The molecule has 3 aromatic rings. The maximum Gasteiger partial charge on any atom is 0.324 e. The molecule has 0 aliphatic rings. The van der Waals surface area contributed by atoms with Gasteiger partial charge < -0.3 is 9.38 Å². The monoisotopic (exact) mass is 486 g/mol. The van der Waals surface area contributed by atoms with Gasteiger partial charge in [-0.15, -0.1) is 0 Å². The van der Waals surface area contributed by atoms with Crippen LogP contribution in [0.1, 0.15) is 46.7 Å². The molecule has 0 saturated heterocycles. The number of rotatable bonds is 10. The molecule has 36 heavy (non-hydrogen) atoms. The molecular weight excluding hydrogens is 442 g/mol. The molecule has 0 unspecified atom stereocenters. The summed E-state index contributed by atoms with van der Waals surface area (Å²) in [6.45, 7) is 14.5. The highest BCUT2D eigenvalue weighted by Crippen LogP contribution is 2.22. The van der Waals surface area contributed by atoms with Gasteiger partial charge in [0.2, 0.25) is 0 Å². The zero-order chi connectivity index (χ0) is 26.3. The number of anilines is 1. The summed E-state index contributed by atoms with van der Waals surface area (Å²) in [7, 11) is 4.57. The Hall–Kier alpha value is -3.11. The maximum absolute atomic E-state index is 13.9. The summed E-state index contributed by atoms with van der Waals surface area (Å²) in [5.74, 6) is 0. The van der Waals surface area contributed by atoms with E-state index in [2.05, 4.69) is 97.2 Å². The molecule has 3 rings (SSSR count). The van der Waals surface area contributed by atoms with Crippen molar-refractivity contribution in [3.05, 3.63) is 100 Å². The SMILES string of the molecule is CCN(C(=O)N(CCC[N+](C)(C)Cc1cc(C)cc(C)c1)Cc1ccccc1)c1cc(C)cc(C)c1. The Bertz CT molecular complexity index is 1110. The second kappa shape index (κ2) is 12.2. The number of hydrogen-bond donors (Lipinski definition) is 0. The molecule has 4 nitrogen and oxygen atoms in total. The summed E-state index contributed by atoms with van der Waals surface area (Å²) in [5, 5.41) is 0. The van der Waals surface area contributed by atoms with Gasteiger partial charge in [0.05, 0.1) is 20.6 Å². The minimum atomic E-state index is 0.0750. The number of aryl methyl sites for hydroxylation is 4. The second-order valence-electron chi connectivity index (χ2n) is 10.9. The van der Waals surface area contributed by atoms with Gasteiger partial charge in [0.25, 0.3) is 0 Å². The van der Waals surface area contributed by atoms with E-state index in [4.69, 9.17) is 0 Å². The summed E-state index contributed by atoms with van der Waals surface area (Å²) >= 11 is 0. The van der Waals surface area contributed by atoms with E-state index in [1.54, 1.807) is 0 Å². The van der Waals surface area contributed by atoms with E-state index in [-0.39, 0.29) is 6.03 Å². The molecule has 0 aliphatic heterocycles. The number of carbonyl (C=O) groups excluding carboxylic acids is 1. The van der Waals surface area contributed by atoms with Crippen molar-refractivity contribution in [1.29, 1.82) is 0 Å². The van der Waals surface area contributed by atoms with Crippen molar-refractivity contribution in [2.75, 3.05) is 38.6 Å². The van der Waals surface area contributed by atoms with Gasteiger partial charge in [0.15, 0.2) is 0 Å². The molecule has 0 atom stereocenters. The predicted molar refractivity (Wildman–Crippen MR) is 152 cm³/mol. The number of amides is 2. The Morgan fingerprint density at radius 1 is 0.778 bits per heavy atom. The Morgan fingerprint density at radius 2 is 1.33 bits per heavy atom. The molecule has 0 heterocycles. The van der Waals surface area contributed by atoms with Crippen molar-refractivity contribution in [1.82, 2.24) is 4.90 Å². The summed E-state index contributed by atoms with van der Waals surface area (Å²) in [6, 6.07) is 23.6. The summed E-state index contributed by atoms with van der Waals surface area (Å²) in [6.07, 6.45) is 0.945. The highest BCUT2D eigenvalue weighted by Gasteiger charge is 2.23. The smallest absolute Gasteiger partial charge is 0.324 e. The predicted octanol–water partition coefficient (Wildman–Crippen LogP) is 7.04. The highest BCUT2D eigenvalue weighted by atomic mass is 16.2. The van der Waals surface area contributed by atoms with Crippen molar-refractivity contribution in [2.45, 2.75) is 54.1 Å². The molecule has 3 aromatic carbocycles. The Labute approximate surface area is 218 Å². The molecule has 0 saturated carbocycles. The van der Waals surface area contributed by atoms with Gasteiger partial charge in [-0.1, -0.05) is 65.7 Å². The van der Waals surface area contributed by atoms with Gasteiger partial charge in [0.1, 0.15) is 6.54 Å². The number of carbonyl (C=O) groups is 1. The molecular formula is C32H44N3O+. The molecule has 0 aromatic heterocycles. The van der Waals surface area contributed by atoms with Crippen molar-refractivity contribution in [3.8, 4) is 0 Å². The van der Waals surface area contributed by atoms with E-state index >= 15 is 0 Å². The third-order valence-electron chi connectivity index (χ3n) is 6.64. The van der Waals surface area contributed by atoms with Gasteiger partial charge >= 0.3 is 6.03 Å². The number of benzene rings is 3. The molecule has 2 amide bonds. The van der Waals surface area contributed by atoms with Crippen LogP contribution in [0.15, 0.2) is 66.7 Å². The van der Waals surface area contributed by atoms with E-state index in [0.717, 1.165) is 41.8 Å². The van der Waals surface area contributed by atoms with Crippen molar-refractivity contribution >= 4 is 11.7 Å². The van der Waals surface area contributed by atoms with Crippen molar-refractivity contribution in [3.63, 3.8) is 0 Å². The van der Waals surface area contributed by atoms with Crippen LogP contribution in [-0.4, -0.2) is 49.1 Å². The third kappa shape index (κ3) is 7.96. The van der Waals surface area contributed by atoms with Crippen LogP contribution in [0.2, 0.25) is 0 Å². The van der Waals surface area contributed by atoms with Gasteiger partial charge in [-0.2, -0.15) is 0 Å². The first-order chi connectivity index (χ1) is 17.1.